The van der Waals surface area contributed by atoms with Gasteiger partial charge in [-0.2, -0.15) is 0 Å². The molecule has 3 aromatic rings. The van der Waals surface area contributed by atoms with Gasteiger partial charge in [0.05, 0.1) is 21.8 Å². The second-order valence-corrected chi connectivity index (χ2v) is 6.02. The van der Waals surface area contributed by atoms with Gasteiger partial charge in [-0.25, -0.2) is 4.39 Å². The number of nitrogens with zero attached hydrogens (tertiary/aromatic N) is 1. The van der Waals surface area contributed by atoms with Crippen molar-refractivity contribution < 1.29 is 14.0 Å². The minimum Gasteiger partial charge on any atom is -0.321 e. The van der Waals surface area contributed by atoms with Crippen LogP contribution in [0.5, 0.6) is 0 Å². The molecule has 2 aromatic carbocycles. The van der Waals surface area contributed by atoms with Crippen LogP contribution >= 0.6 is 23.2 Å². The SMILES string of the molecule is CC(=O)n1cc(C(=O)Nc2ccc(Cl)cc2Cl)c2cc(F)ccc21. The smallest absolute Gasteiger partial charge is 0.257 e. The number of rotatable bonds is 2. The Morgan fingerprint density at radius 1 is 1.12 bits per heavy atom. The fraction of sp³-hybridized carbons (Fsp3) is 0.0588. The van der Waals surface area contributed by atoms with Gasteiger partial charge in [-0.15, -0.1) is 0 Å². The zero-order valence-electron chi connectivity index (χ0n) is 12.4. The first-order valence-electron chi connectivity index (χ1n) is 6.95. The van der Waals surface area contributed by atoms with Crippen LogP contribution in [-0.2, 0) is 0 Å². The number of aromatic nitrogens is 1. The van der Waals surface area contributed by atoms with Crippen molar-refractivity contribution in [3.8, 4) is 0 Å². The molecule has 0 aliphatic rings. The molecule has 4 nitrogen and oxygen atoms in total. The number of carbonyl (C=O) groups excluding carboxylic acids is 2. The fourth-order valence-electron chi connectivity index (χ4n) is 2.42. The first kappa shape index (κ1) is 16.5. The average Bonchev–Trinajstić information content (AvgIpc) is 2.89. The molecular weight excluding hydrogens is 354 g/mol. The Morgan fingerprint density at radius 2 is 1.88 bits per heavy atom. The lowest BCUT2D eigenvalue weighted by atomic mass is 10.1. The van der Waals surface area contributed by atoms with Gasteiger partial charge in [0, 0.05) is 23.5 Å². The highest BCUT2D eigenvalue weighted by Gasteiger charge is 2.18. The minimum atomic E-state index is -0.505. The van der Waals surface area contributed by atoms with E-state index in [0.29, 0.717) is 21.6 Å². The number of nitrogens with one attached hydrogen (secondary N) is 1. The molecule has 0 saturated heterocycles. The van der Waals surface area contributed by atoms with Gasteiger partial charge in [0.2, 0.25) is 5.91 Å². The van der Waals surface area contributed by atoms with E-state index < -0.39 is 11.7 Å². The molecule has 3 rings (SSSR count). The quantitative estimate of drug-likeness (QED) is 0.695. The summed E-state index contributed by atoms with van der Waals surface area (Å²) in [5.41, 5.74) is 0.994. The molecule has 0 aliphatic carbocycles. The third kappa shape index (κ3) is 3.00. The summed E-state index contributed by atoms with van der Waals surface area (Å²) in [5, 5.41) is 3.70. The summed E-state index contributed by atoms with van der Waals surface area (Å²) < 4.78 is 14.9. The number of hydrogen-bond acceptors (Lipinski definition) is 2. The molecule has 0 atom stereocenters. The first-order chi connectivity index (χ1) is 11.4. The lowest BCUT2D eigenvalue weighted by molar-refractivity contribution is 0.0941. The van der Waals surface area contributed by atoms with Gasteiger partial charge >= 0.3 is 0 Å². The summed E-state index contributed by atoms with van der Waals surface area (Å²) in [6.07, 6.45) is 1.38. The molecule has 0 bridgehead atoms. The van der Waals surface area contributed by atoms with E-state index in [1.165, 1.54) is 42.0 Å². The van der Waals surface area contributed by atoms with Crippen LogP contribution in [0.3, 0.4) is 0 Å². The van der Waals surface area contributed by atoms with Gasteiger partial charge in [-0.05, 0) is 36.4 Å². The number of halogens is 3. The van der Waals surface area contributed by atoms with Crippen molar-refractivity contribution in [1.29, 1.82) is 0 Å². The Balaban J connectivity index is 2.06. The van der Waals surface area contributed by atoms with Gasteiger partial charge < -0.3 is 5.32 Å². The molecule has 0 fully saturated rings. The van der Waals surface area contributed by atoms with Crippen molar-refractivity contribution in [2.75, 3.05) is 5.32 Å². The number of carbonyl (C=O) groups is 2. The summed E-state index contributed by atoms with van der Waals surface area (Å²) in [6, 6.07) is 8.55. The molecule has 0 aliphatic heterocycles. The summed E-state index contributed by atoms with van der Waals surface area (Å²) in [7, 11) is 0. The van der Waals surface area contributed by atoms with Crippen LogP contribution in [0.4, 0.5) is 10.1 Å². The van der Waals surface area contributed by atoms with Gasteiger partial charge in [0.15, 0.2) is 0 Å². The minimum absolute atomic E-state index is 0.172. The van der Waals surface area contributed by atoms with Gasteiger partial charge in [-0.1, -0.05) is 23.2 Å². The zero-order chi connectivity index (χ0) is 17.4. The maximum absolute atomic E-state index is 13.6. The average molecular weight is 365 g/mol. The van der Waals surface area contributed by atoms with Crippen LogP contribution in [0.1, 0.15) is 22.1 Å². The van der Waals surface area contributed by atoms with Gasteiger partial charge in [-0.3, -0.25) is 14.2 Å². The number of benzene rings is 2. The Labute approximate surface area is 146 Å². The summed E-state index contributed by atoms with van der Waals surface area (Å²) in [4.78, 5) is 24.3. The maximum Gasteiger partial charge on any atom is 0.257 e. The second kappa shape index (κ2) is 6.26. The topological polar surface area (TPSA) is 51.1 Å². The van der Waals surface area contributed by atoms with Gasteiger partial charge in [0.25, 0.3) is 5.91 Å². The van der Waals surface area contributed by atoms with E-state index in [-0.39, 0.29) is 16.5 Å². The molecule has 0 saturated carbocycles. The molecular formula is C17H11Cl2FN2O2. The van der Waals surface area contributed by atoms with E-state index in [9.17, 15) is 14.0 Å². The van der Waals surface area contributed by atoms with Crippen LogP contribution in [0.2, 0.25) is 10.0 Å². The highest BCUT2D eigenvalue weighted by atomic mass is 35.5. The summed E-state index contributed by atoms with van der Waals surface area (Å²) >= 11 is 11.9. The van der Waals surface area contributed by atoms with Crippen molar-refractivity contribution >= 4 is 51.6 Å². The normalized spacial score (nSPS) is 10.8. The molecule has 0 unspecified atom stereocenters. The summed E-state index contributed by atoms with van der Waals surface area (Å²) in [5.74, 6) is -1.28. The number of amides is 1. The number of hydrogen-bond donors (Lipinski definition) is 1. The molecule has 1 heterocycles. The molecule has 7 heteroatoms. The van der Waals surface area contributed by atoms with Crippen molar-refractivity contribution in [2.24, 2.45) is 0 Å². The second-order valence-electron chi connectivity index (χ2n) is 5.17. The molecule has 122 valence electrons. The molecule has 1 aromatic heterocycles. The third-order valence-corrected chi connectivity index (χ3v) is 4.08. The first-order valence-corrected chi connectivity index (χ1v) is 7.70. The fourth-order valence-corrected chi connectivity index (χ4v) is 2.88. The van der Waals surface area contributed by atoms with Crippen molar-refractivity contribution in [1.82, 2.24) is 4.57 Å². The molecule has 0 spiro atoms. The Bertz CT molecular complexity index is 982. The van der Waals surface area contributed by atoms with E-state index in [4.69, 9.17) is 23.2 Å². The molecule has 0 radical (unpaired) electrons. The van der Waals surface area contributed by atoms with Gasteiger partial charge in [0.1, 0.15) is 5.82 Å². The largest absolute Gasteiger partial charge is 0.321 e. The molecule has 1 N–H and O–H groups in total. The van der Waals surface area contributed by atoms with Crippen LogP contribution in [0.25, 0.3) is 10.9 Å². The van der Waals surface area contributed by atoms with Crippen LogP contribution in [-0.4, -0.2) is 16.4 Å². The Morgan fingerprint density at radius 3 is 2.54 bits per heavy atom. The predicted molar refractivity (Wildman–Crippen MR) is 92.6 cm³/mol. The highest BCUT2D eigenvalue weighted by molar-refractivity contribution is 6.37. The predicted octanol–water partition coefficient (Wildman–Crippen LogP) is 5.00. The zero-order valence-corrected chi connectivity index (χ0v) is 14.0. The Hall–Kier alpha value is -2.37. The Kier molecular flexibility index (Phi) is 4.30. The van der Waals surface area contributed by atoms with E-state index >= 15 is 0 Å². The summed E-state index contributed by atoms with van der Waals surface area (Å²) in [6.45, 7) is 1.36. The van der Waals surface area contributed by atoms with E-state index in [1.54, 1.807) is 12.1 Å². The molecule has 24 heavy (non-hydrogen) atoms. The lowest BCUT2D eigenvalue weighted by Crippen LogP contribution is -2.12. The maximum atomic E-state index is 13.6. The number of anilines is 1. The standard InChI is InChI=1S/C17H11Cl2FN2O2/c1-9(23)22-8-13(12-7-11(20)3-5-16(12)22)17(24)21-15-4-2-10(18)6-14(15)19/h2-8H,1H3,(H,21,24). The van der Waals surface area contributed by atoms with Crippen molar-refractivity contribution in [2.45, 2.75) is 6.92 Å². The third-order valence-electron chi connectivity index (χ3n) is 3.53. The van der Waals surface area contributed by atoms with Crippen molar-refractivity contribution in [3.63, 3.8) is 0 Å². The van der Waals surface area contributed by atoms with Crippen molar-refractivity contribution in [3.05, 3.63) is 64.0 Å². The van der Waals surface area contributed by atoms with Crippen LogP contribution in [0, 0.1) is 5.82 Å². The number of fused-ring (bicyclic) bond motifs is 1. The van der Waals surface area contributed by atoms with Crippen LogP contribution < -0.4 is 5.32 Å². The van der Waals surface area contributed by atoms with E-state index in [1.807, 2.05) is 0 Å². The highest BCUT2D eigenvalue weighted by Crippen LogP contribution is 2.28. The van der Waals surface area contributed by atoms with E-state index in [0.717, 1.165) is 0 Å². The lowest BCUT2D eigenvalue weighted by Gasteiger charge is -2.07. The monoisotopic (exact) mass is 364 g/mol. The van der Waals surface area contributed by atoms with E-state index in [2.05, 4.69) is 5.32 Å². The van der Waals surface area contributed by atoms with Crippen LogP contribution in [0.15, 0.2) is 42.6 Å². The molecule has 1 amide bonds.